The minimum Gasteiger partial charge on any atom is -0.122 e. The molecular weight excluding hydrogens is 188 g/mol. The first-order valence-electron chi connectivity index (χ1n) is 5.32. The van der Waals surface area contributed by atoms with Gasteiger partial charge in [-0.25, -0.2) is 0 Å². The van der Waals surface area contributed by atoms with Crippen molar-refractivity contribution in [2.75, 3.05) is 0 Å². The van der Waals surface area contributed by atoms with Crippen molar-refractivity contribution in [3.05, 3.63) is 42.5 Å². The highest BCUT2D eigenvalue weighted by Gasteiger charge is 2.35. The average molecular weight is 202 g/mol. The lowest BCUT2D eigenvalue weighted by molar-refractivity contribution is 0.692. The fourth-order valence-corrected chi connectivity index (χ4v) is 3.92. The first-order chi connectivity index (χ1) is 6.92. The summed E-state index contributed by atoms with van der Waals surface area (Å²) < 4.78 is 0. The average Bonchev–Trinajstić information content (AvgIpc) is 2.81. The Morgan fingerprint density at radius 2 is 1.86 bits per heavy atom. The van der Waals surface area contributed by atoms with Crippen LogP contribution in [0.15, 0.2) is 47.4 Å². The number of thioether (sulfide) groups is 1. The third kappa shape index (κ3) is 1.50. The Hall–Kier alpha value is -0.690. The molecule has 0 spiro atoms. The summed E-state index contributed by atoms with van der Waals surface area (Å²) >= 11 is 2.06. The molecule has 0 nitrogen and oxygen atoms in total. The van der Waals surface area contributed by atoms with Gasteiger partial charge in [0.25, 0.3) is 0 Å². The summed E-state index contributed by atoms with van der Waals surface area (Å²) in [5.41, 5.74) is 0. The number of allylic oxidation sites excluding steroid dienone is 2. The molecule has 2 bridgehead atoms. The van der Waals surface area contributed by atoms with Crippen molar-refractivity contribution in [3.8, 4) is 0 Å². The van der Waals surface area contributed by atoms with Crippen molar-refractivity contribution >= 4 is 11.8 Å². The van der Waals surface area contributed by atoms with E-state index in [9.17, 15) is 0 Å². The van der Waals surface area contributed by atoms with Gasteiger partial charge >= 0.3 is 0 Å². The molecule has 0 aliphatic heterocycles. The number of benzene rings is 1. The zero-order valence-corrected chi connectivity index (χ0v) is 8.91. The smallest absolute Gasteiger partial charge is 0.0163 e. The first-order valence-corrected chi connectivity index (χ1v) is 6.20. The highest BCUT2D eigenvalue weighted by molar-refractivity contribution is 8.00. The molecule has 0 amide bonds. The van der Waals surface area contributed by atoms with E-state index >= 15 is 0 Å². The van der Waals surface area contributed by atoms with E-state index in [0.29, 0.717) is 0 Å². The molecular formula is C13H14S. The Labute approximate surface area is 89.4 Å². The minimum absolute atomic E-state index is 0.840. The van der Waals surface area contributed by atoms with Crippen LogP contribution in [-0.4, -0.2) is 5.25 Å². The van der Waals surface area contributed by atoms with Crippen LogP contribution in [0.25, 0.3) is 0 Å². The van der Waals surface area contributed by atoms with Crippen molar-refractivity contribution in [1.29, 1.82) is 0 Å². The van der Waals surface area contributed by atoms with Gasteiger partial charge in [-0.2, -0.15) is 0 Å². The SMILES string of the molecule is C1=C[C@H]2C[C@@H]1C[C@H]2Sc1ccccc1. The van der Waals surface area contributed by atoms with Crippen LogP contribution in [0.3, 0.4) is 0 Å². The van der Waals surface area contributed by atoms with E-state index in [4.69, 9.17) is 0 Å². The maximum absolute atomic E-state index is 2.43. The lowest BCUT2D eigenvalue weighted by atomic mass is 10.1. The molecule has 1 aromatic carbocycles. The van der Waals surface area contributed by atoms with Gasteiger partial charge < -0.3 is 0 Å². The summed E-state index contributed by atoms with van der Waals surface area (Å²) in [5, 5.41) is 0.840. The lowest BCUT2D eigenvalue weighted by Gasteiger charge is -2.17. The second kappa shape index (κ2) is 3.47. The number of hydrogen-bond acceptors (Lipinski definition) is 1. The zero-order chi connectivity index (χ0) is 9.38. The van der Waals surface area contributed by atoms with E-state index in [1.165, 1.54) is 17.7 Å². The van der Waals surface area contributed by atoms with Gasteiger partial charge in [0, 0.05) is 10.1 Å². The molecule has 2 aliphatic carbocycles. The third-order valence-corrected chi connectivity index (χ3v) is 4.64. The molecule has 0 saturated heterocycles. The van der Waals surface area contributed by atoms with Crippen molar-refractivity contribution in [3.63, 3.8) is 0 Å². The highest BCUT2D eigenvalue weighted by Crippen LogP contribution is 2.46. The fourth-order valence-electron chi connectivity index (χ4n) is 2.54. The van der Waals surface area contributed by atoms with Crippen molar-refractivity contribution in [1.82, 2.24) is 0 Å². The van der Waals surface area contributed by atoms with E-state index in [1.807, 2.05) is 0 Å². The van der Waals surface area contributed by atoms with E-state index in [0.717, 1.165) is 17.1 Å². The fraction of sp³-hybridized carbons (Fsp3) is 0.385. The highest BCUT2D eigenvalue weighted by atomic mass is 32.2. The maximum Gasteiger partial charge on any atom is 0.0163 e. The normalized spacial score (nSPS) is 33.9. The summed E-state index contributed by atoms with van der Waals surface area (Å²) in [5.74, 6) is 1.74. The Morgan fingerprint density at radius 1 is 1.00 bits per heavy atom. The lowest BCUT2D eigenvalue weighted by Crippen LogP contribution is -2.08. The Morgan fingerprint density at radius 3 is 2.50 bits per heavy atom. The molecule has 1 aromatic rings. The van der Waals surface area contributed by atoms with Crippen LogP contribution in [0, 0.1) is 11.8 Å². The quantitative estimate of drug-likeness (QED) is 0.658. The Bertz CT molecular complexity index is 342. The summed E-state index contributed by atoms with van der Waals surface area (Å²) in [7, 11) is 0. The molecule has 72 valence electrons. The molecule has 3 atom stereocenters. The second-order valence-corrected chi connectivity index (χ2v) is 5.56. The maximum atomic E-state index is 2.43. The van der Waals surface area contributed by atoms with Crippen LogP contribution in [0.1, 0.15) is 12.8 Å². The van der Waals surface area contributed by atoms with Crippen molar-refractivity contribution in [2.45, 2.75) is 23.0 Å². The van der Waals surface area contributed by atoms with Crippen LogP contribution in [0.5, 0.6) is 0 Å². The molecule has 1 fully saturated rings. The van der Waals surface area contributed by atoms with Crippen molar-refractivity contribution < 1.29 is 0 Å². The number of hydrogen-bond donors (Lipinski definition) is 0. The van der Waals surface area contributed by atoms with Gasteiger partial charge in [-0.3, -0.25) is 0 Å². The predicted molar refractivity (Wildman–Crippen MR) is 61.4 cm³/mol. The van der Waals surface area contributed by atoms with E-state index in [-0.39, 0.29) is 0 Å². The molecule has 2 aliphatic rings. The van der Waals surface area contributed by atoms with Gasteiger partial charge in [-0.1, -0.05) is 30.4 Å². The van der Waals surface area contributed by atoms with Crippen LogP contribution < -0.4 is 0 Å². The molecule has 0 aromatic heterocycles. The standard InChI is InChI=1S/C13H14S/c1-2-4-12(5-3-1)14-13-9-10-6-7-11(13)8-10/h1-7,10-11,13H,8-9H2/t10-,11+,13-/m1/s1. The Kier molecular flexibility index (Phi) is 2.13. The van der Waals surface area contributed by atoms with Crippen LogP contribution in [0.2, 0.25) is 0 Å². The second-order valence-electron chi connectivity index (χ2n) is 4.25. The van der Waals surface area contributed by atoms with Gasteiger partial charge in [-0.05, 0) is 36.8 Å². The third-order valence-electron chi connectivity index (χ3n) is 3.25. The van der Waals surface area contributed by atoms with Crippen LogP contribution in [-0.2, 0) is 0 Å². The molecule has 0 unspecified atom stereocenters. The summed E-state index contributed by atoms with van der Waals surface area (Å²) in [6.45, 7) is 0. The van der Waals surface area contributed by atoms with E-state index in [2.05, 4.69) is 54.2 Å². The first kappa shape index (κ1) is 8.60. The van der Waals surface area contributed by atoms with Gasteiger partial charge in [0.05, 0.1) is 0 Å². The van der Waals surface area contributed by atoms with Gasteiger partial charge in [0.2, 0.25) is 0 Å². The molecule has 3 rings (SSSR count). The number of rotatable bonds is 2. The molecule has 0 heterocycles. The Balaban J connectivity index is 1.72. The van der Waals surface area contributed by atoms with E-state index in [1.54, 1.807) is 0 Å². The predicted octanol–water partition coefficient (Wildman–Crippen LogP) is 3.74. The molecule has 0 radical (unpaired) electrons. The van der Waals surface area contributed by atoms with E-state index < -0.39 is 0 Å². The minimum atomic E-state index is 0.840. The molecule has 1 saturated carbocycles. The topological polar surface area (TPSA) is 0 Å². The van der Waals surface area contributed by atoms with Crippen LogP contribution in [0.4, 0.5) is 0 Å². The zero-order valence-electron chi connectivity index (χ0n) is 8.10. The van der Waals surface area contributed by atoms with Gasteiger partial charge in [0.15, 0.2) is 0 Å². The molecule has 0 N–H and O–H groups in total. The summed E-state index contributed by atoms with van der Waals surface area (Å²) in [6.07, 6.45) is 7.63. The largest absolute Gasteiger partial charge is 0.122 e. The van der Waals surface area contributed by atoms with Crippen molar-refractivity contribution in [2.24, 2.45) is 11.8 Å². The van der Waals surface area contributed by atoms with Crippen LogP contribution >= 0.6 is 11.8 Å². The van der Waals surface area contributed by atoms with Gasteiger partial charge in [-0.15, -0.1) is 11.8 Å². The molecule has 1 heteroatoms. The monoisotopic (exact) mass is 202 g/mol. The number of fused-ring (bicyclic) bond motifs is 2. The summed E-state index contributed by atoms with van der Waals surface area (Å²) in [4.78, 5) is 1.43. The summed E-state index contributed by atoms with van der Waals surface area (Å²) in [6, 6.07) is 10.8. The molecule has 14 heavy (non-hydrogen) atoms. The van der Waals surface area contributed by atoms with Gasteiger partial charge in [0.1, 0.15) is 0 Å².